The molecule has 0 saturated heterocycles. The van der Waals surface area contributed by atoms with Gasteiger partial charge in [-0.2, -0.15) is 0 Å². The molecule has 0 amide bonds. The van der Waals surface area contributed by atoms with Gasteiger partial charge in [-0.3, -0.25) is 0 Å². The maximum absolute atomic E-state index is 13.3. The summed E-state index contributed by atoms with van der Waals surface area (Å²) in [7, 11) is 0. The van der Waals surface area contributed by atoms with Crippen LogP contribution in [0.3, 0.4) is 0 Å². The molecule has 0 aliphatic carbocycles. The predicted molar refractivity (Wildman–Crippen MR) is 84.3 cm³/mol. The van der Waals surface area contributed by atoms with Crippen LogP contribution in [0.2, 0.25) is 0 Å². The Bertz CT molecular complexity index is 686. The smallest absolute Gasteiger partial charge is 0.338 e. The third-order valence-electron chi connectivity index (χ3n) is 2.82. The lowest BCUT2D eigenvalue weighted by molar-refractivity contribution is 0.0691. The number of hydrogen-bond acceptors (Lipinski definition) is 3. The summed E-state index contributed by atoms with van der Waals surface area (Å²) in [6.45, 7) is 3.57. The number of carboxylic acid groups (broad SMARTS) is 1. The molecule has 6 heteroatoms. The van der Waals surface area contributed by atoms with E-state index in [0.717, 1.165) is 11.3 Å². The largest absolute Gasteiger partial charge is 0.478 e. The first-order valence-corrected chi connectivity index (χ1v) is 7.94. The molecule has 0 bridgehead atoms. The number of pyridine rings is 1. The van der Waals surface area contributed by atoms with Crippen LogP contribution in [0.1, 0.15) is 27.2 Å². The normalized spacial score (nSPS) is 10.7. The Balaban J connectivity index is 2.29. The average molecular weight is 370 g/mol. The number of carboxylic acids is 1. The van der Waals surface area contributed by atoms with Crippen molar-refractivity contribution in [2.24, 2.45) is 0 Å². The van der Waals surface area contributed by atoms with Crippen LogP contribution < -0.4 is 0 Å². The van der Waals surface area contributed by atoms with Crippen molar-refractivity contribution in [1.82, 2.24) is 4.98 Å². The number of aromatic carboxylic acids is 1. The second kappa shape index (κ2) is 6.58. The standard InChI is InChI=1S/C15H13BrFNO2S/c1-8-3-9(2)18-14(13(8)15(19)20)21-7-10-4-11(16)6-12(17)5-10/h3-6H,7H2,1-2H3,(H,19,20). The van der Waals surface area contributed by atoms with Crippen molar-refractivity contribution in [3.8, 4) is 0 Å². The zero-order valence-corrected chi connectivity index (χ0v) is 13.9. The minimum atomic E-state index is -0.997. The van der Waals surface area contributed by atoms with Crippen LogP contribution in [0.15, 0.2) is 33.8 Å². The van der Waals surface area contributed by atoms with Gasteiger partial charge in [0.15, 0.2) is 0 Å². The van der Waals surface area contributed by atoms with Crippen LogP contribution in [0.4, 0.5) is 4.39 Å². The van der Waals surface area contributed by atoms with Crippen molar-refractivity contribution in [3.63, 3.8) is 0 Å². The first-order chi connectivity index (χ1) is 9.86. The highest BCUT2D eigenvalue weighted by Gasteiger charge is 2.16. The van der Waals surface area contributed by atoms with Gasteiger partial charge in [-0.15, -0.1) is 11.8 Å². The van der Waals surface area contributed by atoms with Gasteiger partial charge in [0, 0.05) is 15.9 Å². The highest BCUT2D eigenvalue weighted by atomic mass is 79.9. The Morgan fingerprint density at radius 1 is 1.33 bits per heavy atom. The Labute approximate surface area is 134 Å². The Morgan fingerprint density at radius 3 is 2.67 bits per heavy atom. The van der Waals surface area contributed by atoms with E-state index in [-0.39, 0.29) is 11.4 Å². The van der Waals surface area contributed by atoms with Crippen molar-refractivity contribution in [3.05, 3.63) is 56.9 Å². The summed E-state index contributed by atoms with van der Waals surface area (Å²) in [5.74, 6) is -0.873. The molecule has 110 valence electrons. The van der Waals surface area contributed by atoms with E-state index in [1.165, 1.54) is 23.9 Å². The van der Waals surface area contributed by atoms with Crippen LogP contribution in [-0.4, -0.2) is 16.1 Å². The lowest BCUT2D eigenvalue weighted by Crippen LogP contribution is -2.05. The van der Waals surface area contributed by atoms with Gasteiger partial charge in [-0.1, -0.05) is 15.9 Å². The van der Waals surface area contributed by atoms with Crippen molar-refractivity contribution in [2.45, 2.75) is 24.6 Å². The van der Waals surface area contributed by atoms with Gasteiger partial charge in [0.1, 0.15) is 10.8 Å². The van der Waals surface area contributed by atoms with Crippen LogP contribution in [0.5, 0.6) is 0 Å². The summed E-state index contributed by atoms with van der Waals surface area (Å²) in [6, 6.07) is 6.36. The van der Waals surface area contributed by atoms with Gasteiger partial charge in [0.05, 0.1) is 5.56 Å². The van der Waals surface area contributed by atoms with Crippen LogP contribution in [0, 0.1) is 19.7 Å². The number of hydrogen-bond donors (Lipinski definition) is 1. The van der Waals surface area contributed by atoms with Crippen molar-refractivity contribution < 1.29 is 14.3 Å². The van der Waals surface area contributed by atoms with E-state index in [1.54, 1.807) is 19.1 Å². The summed E-state index contributed by atoms with van der Waals surface area (Å²) < 4.78 is 14.0. The minimum Gasteiger partial charge on any atom is -0.478 e. The first kappa shape index (κ1) is 16.0. The summed E-state index contributed by atoms with van der Waals surface area (Å²) in [6.07, 6.45) is 0. The van der Waals surface area contributed by atoms with Gasteiger partial charge in [-0.05, 0) is 49.2 Å². The molecule has 0 aliphatic heterocycles. The molecule has 21 heavy (non-hydrogen) atoms. The number of nitrogens with zero attached hydrogens (tertiary/aromatic N) is 1. The number of rotatable bonds is 4. The average Bonchev–Trinajstić information content (AvgIpc) is 2.33. The fourth-order valence-corrected chi connectivity index (χ4v) is 3.60. The van der Waals surface area contributed by atoms with Crippen LogP contribution in [0.25, 0.3) is 0 Å². The molecule has 0 fully saturated rings. The monoisotopic (exact) mass is 369 g/mol. The molecule has 1 aromatic heterocycles. The summed E-state index contributed by atoms with van der Waals surface area (Å²) >= 11 is 4.54. The second-order valence-corrected chi connectivity index (χ2v) is 6.51. The Hall–Kier alpha value is -1.40. The molecule has 0 radical (unpaired) electrons. The van der Waals surface area contributed by atoms with E-state index < -0.39 is 5.97 Å². The van der Waals surface area contributed by atoms with Gasteiger partial charge in [0.2, 0.25) is 0 Å². The number of aromatic nitrogens is 1. The summed E-state index contributed by atoms with van der Waals surface area (Å²) in [5.41, 5.74) is 2.42. The van der Waals surface area contributed by atoms with E-state index >= 15 is 0 Å². The molecule has 3 nitrogen and oxygen atoms in total. The van der Waals surface area contributed by atoms with Crippen molar-refractivity contribution in [1.29, 1.82) is 0 Å². The molecule has 1 N–H and O–H groups in total. The fraction of sp³-hybridized carbons (Fsp3) is 0.200. The second-order valence-electron chi connectivity index (χ2n) is 4.63. The lowest BCUT2D eigenvalue weighted by Gasteiger charge is -2.09. The molecule has 2 aromatic rings. The third kappa shape index (κ3) is 4.04. The predicted octanol–water partition coefficient (Wildman–Crippen LogP) is 4.59. The lowest BCUT2D eigenvalue weighted by atomic mass is 10.1. The zero-order valence-electron chi connectivity index (χ0n) is 11.5. The van der Waals surface area contributed by atoms with Crippen LogP contribution >= 0.6 is 27.7 Å². The quantitative estimate of drug-likeness (QED) is 0.800. The van der Waals surface area contributed by atoms with E-state index in [2.05, 4.69) is 20.9 Å². The Morgan fingerprint density at radius 2 is 2.05 bits per heavy atom. The topological polar surface area (TPSA) is 50.2 Å². The molecular formula is C15H13BrFNO2S. The molecule has 0 unspecified atom stereocenters. The number of halogens is 2. The number of benzene rings is 1. The van der Waals surface area contributed by atoms with Crippen molar-refractivity contribution >= 4 is 33.7 Å². The van der Waals surface area contributed by atoms with E-state index in [1.807, 2.05) is 6.92 Å². The van der Waals surface area contributed by atoms with E-state index in [4.69, 9.17) is 0 Å². The van der Waals surface area contributed by atoms with E-state index in [9.17, 15) is 14.3 Å². The maximum atomic E-state index is 13.3. The number of aryl methyl sites for hydroxylation is 2. The SMILES string of the molecule is Cc1cc(C)c(C(=O)O)c(SCc2cc(F)cc(Br)c2)n1. The highest BCUT2D eigenvalue weighted by Crippen LogP contribution is 2.28. The van der Waals surface area contributed by atoms with E-state index in [0.29, 0.717) is 20.8 Å². The van der Waals surface area contributed by atoms with Gasteiger partial charge in [0.25, 0.3) is 0 Å². The first-order valence-electron chi connectivity index (χ1n) is 6.16. The number of carbonyl (C=O) groups is 1. The molecule has 0 aliphatic rings. The fourth-order valence-electron chi connectivity index (χ4n) is 2.01. The molecule has 1 heterocycles. The molecular weight excluding hydrogens is 357 g/mol. The highest BCUT2D eigenvalue weighted by molar-refractivity contribution is 9.10. The summed E-state index contributed by atoms with van der Waals surface area (Å²) in [5, 5.41) is 9.76. The molecule has 0 saturated carbocycles. The van der Waals surface area contributed by atoms with Gasteiger partial charge < -0.3 is 5.11 Å². The zero-order chi connectivity index (χ0) is 15.6. The maximum Gasteiger partial charge on any atom is 0.338 e. The van der Waals surface area contributed by atoms with Crippen LogP contribution in [-0.2, 0) is 5.75 Å². The summed E-state index contributed by atoms with van der Waals surface area (Å²) in [4.78, 5) is 15.6. The molecule has 0 spiro atoms. The number of thioether (sulfide) groups is 1. The third-order valence-corrected chi connectivity index (χ3v) is 4.33. The van der Waals surface area contributed by atoms with Gasteiger partial charge in [-0.25, -0.2) is 14.2 Å². The Kier molecular flexibility index (Phi) is 5.00. The molecule has 2 rings (SSSR count). The molecule has 1 aromatic carbocycles. The minimum absolute atomic E-state index is 0.209. The molecule has 0 atom stereocenters. The van der Waals surface area contributed by atoms with Crippen molar-refractivity contribution in [2.75, 3.05) is 0 Å². The van der Waals surface area contributed by atoms with Gasteiger partial charge >= 0.3 is 5.97 Å².